The van der Waals surface area contributed by atoms with E-state index in [2.05, 4.69) is 5.32 Å². The molecule has 0 aliphatic heterocycles. The maximum Gasteiger partial charge on any atom is 0.306 e. The Kier molecular flexibility index (Phi) is 7.67. The molecule has 0 fully saturated rings. The van der Waals surface area contributed by atoms with Gasteiger partial charge in [-0.2, -0.15) is 0 Å². The Labute approximate surface area is 159 Å². The fourth-order valence-corrected chi connectivity index (χ4v) is 2.33. The summed E-state index contributed by atoms with van der Waals surface area (Å²) in [5.41, 5.74) is 1.69. The van der Waals surface area contributed by atoms with Crippen LogP contribution < -0.4 is 14.8 Å². The zero-order chi connectivity index (χ0) is 19.6. The van der Waals surface area contributed by atoms with E-state index in [1.807, 2.05) is 31.2 Å². The largest absolute Gasteiger partial charge is 0.495 e. The van der Waals surface area contributed by atoms with E-state index >= 15 is 0 Å². The van der Waals surface area contributed by atoms with Gasteiger partial charge >= 0.3 is 5.97 Å². The second-order valence-corrected chi connectivity index (χ2v) is 6.09. The highest BCUT2D eigenvalue weighted by molar-refractivity contribution is 5.96. The molecule has 0 bridgehead atoms. The molecule has 2 rings (SSSR count). The summed E-state index contributed by atoms with van der Waals surface area (Å²) in [6.07, 6.45) is -0.216. The van der Waals surface area contributed by atoms with Crippen LogP contribution in [0.4, 0.5) is 5.69 Å². The third-order valence-electron chi connectivity index (χ3n) is 3.86. The van der Waals surface area contributed by atoms with Crippen molar-refractivity contribution in [1.82, 2.24) is 0 Å². The van der Waals surface area contributed by atoms with E-state index in [4.69, 9.17) is 14.2 Å². The van der Waals surface area contributed by atoms with Crippen LogP contribution in [-0.2, 0) is 14.3 Å². The van der Waals surface area contributed by atoms with Crippen LogP contribution in [0.5, 0.6) is 11.5 Å². The minimum atomic E-state index is -0.902. The van der Waals surface area contributed by atoms with Gasteiger partial charge < -0.3 is 19.5 Å². The Morgan fingerprint density at radius 3 is 2.48 bits per heavy atom. The number of anilines is 1. The van der Waals surface area contributed by atoms with Crippen molar-refractivity contribution in [3.05, 3.63) is 54.1 Å². The molecule has 0 spiro atoms. The molecule has 0 saturated heterocycles. The van der Waals surface area contributed by atoms with Crippen LogP contribution in [0.25, 0.3) is 0 Å². The zero-order valence-corrected chi connectivity index (χ0v) is 15.9. The van der Waals surface area contributed by atoms with Crippen LogP contribution in [0.1, 0.15) is 25.3 Å². The number of carbonyl (C=O) groups excluding carboxylic acids is 2. The lowest BCUT2D eigenvalue weighted by Gasteiger charge is -2.15. The average molecular weight is 371 g/mol. The van der Waals surface area contributed by atoms with Gasteiger partial charge in [0.05, 0.1) is 19.4 Å². The summed E-state index contributed by atoms with van der Waals surface area (Å²) in [6, 6.07) is 14.7. The first kappa shape index (κ1) is 20.3. The van der Waals surface area contributed by atoms with E-state index in [0.717, 1.165) is 11.3 Å². The number of hydrogen-bond acceptors (Lipinski definition) is 5. The van der Waals surface area contributed by atoms with Crippen molar-refractivity contribution in [3.63, 3.8) is 0 Å². The van der Waals surface area contributed by atoms with E-state index in [1.165, 1.54) is 14.0 Å². The van der Waals surface area contributed by atoms with Crippen LogP contribution in [0.3, 0.4) is 0 Å². The van der Waals surface area contributed by atoms with Crippen molar-refractivity contribution < 1.29 is 23.8 Å². The molecule has 0 aliphatic carbocycles. The summed E-state index contributed by atoms with van der Waals surface area (Å²) in [4.78, 5) is 24.1. The third-order valence-corrected chi connectivity index (χ3v) is 3.86. The first-order chi connectivity index (χ1) is 13.0. The minimum absolute atomic E-state index is 0.179. The van der Waals surface area contributed by atoms with Gasteiger partial charge in [0.2, 0.25) is 0 Å². The fourth-order valence-electron chi connectivity index (χ4n) is 2.33. The summed E-state index contributed by atoms with van der Waals surface area (Å²) in [5.74, 6) is 0.449. The number of methoxy groups -OCH3 is 1. The Morgan fingerprint density at radius 1 is 1.07 bits per heavy atom. The Bertz CT molecular complexity index is 757. The Balaban J connectivity index is 1.71. The van der Waals surface area contributed by atoms with Gasteiger partial charge in [0, 0.05) is 6.42 Å². The highest BCUT2D eigenvalue weighted by atomic mass is 16.5. The van der Waals surface area contributed by atoms with Gasteiger partial charge in [-0.05, 0) is 44.5 Å². The highest BCUT2D eigenvalue weighted by Crippen LogP contribution is 2.23. The maximum absolute atomic E-state index is 12.2. The quantitative estimate of drug-likeness (QED) is 0.537. The number of benzene rings is 2. The minimum Gasteiger partial charge on any atom is -0.495 e. The van der Waals surface area contributed by atoms with Crippen molar-refractivity contribution in [2.45, 2.75) is 32.8 Å². The van der Waals surface area contributed by atoms with E-state index in [-0.39, 0.29) is 6.42 Å². The van der Waals surface area contributed by atoms with Crippen LogP contribution in [0, 0.1) is 6.92 Å². The lowest BCUT2D eigenvalue weighted by Crippen LogP contribution is -2.30. The number of rotatable bonds is 9. The van der Waals surface area contributed by atoms with E-state index < -0.39 is 18.0 Å². The molecule has 1 atom stereocenters. The molecule has 6 nitrogen and oxygen atoms in total. The summed E-state index contributed by atoms with van der Waals surface area (Å²) in [6.45, 7) is 3.94. The van der Waals surface area contributed by atoms with Crippen LogP contribution in [0.15, 0.2) is 48.5 Å². The van der Waals surface area contributed by atoms with Crippen molar-refractivity contribution >= 4 is 17.6 Å². The lowest BCUT2D eigenvalue weighted by molar-refractivity contribution is -0.153. The van der Waals surface area contributed by atoms with Gasteiger partial charge in [0.1, 0.15) is 11.5 Å². The molecule has 0 aliphatic rings. The van der Waals surface area contributed by atoms with Gasteiger partial charge in [-0.15, -0.1) is 0 Å². The van der Waals surface area contributed by atoms with Gasteiger partial charge in [0.15, 0.2) is 6.10 Å². The van der Waals surface area contributed by atoms with Gasteiger partial charge in [0.25, 0.3) is 5.91 Å². The SMILES string of the molecule is COc1ccccc1NC(=O)[C@H](C)OC(=O)CCCOc1ccc(C)cc1. The van der Waals surface area contributed by atoms with Gasteiger partial charge in [-0.25, -0.2) is 0 Å². The Hall–Kier alpha value is -3.02. The van der Waals surface area contributed by atoms with Crippen molar-refractivity contribution in [2.75, 3.05) is 19.0 Å². The third kappa shape index (κ3) is 6.66. The monoisotopic (exact) mass is 371 g/mol. The maximum atomic E-state index is 12.2. The molecule has 1 amide bonds. The number of amides is 1. The number of para-hydroxylation sites is 2. The highest BCUT2D eigenvalue weighted by Gasteiger charge is 2.18. The number of esters is 1. The normalized spacial score (nSPS) is 11.4. The Morgan fingerprint density at radius 2 is 1.78 bits per heavy atom. The standard InChI is InChI=1S/C21H25NO5/c1-15-10-12-17(13-11-15)26-14-6-9-20(23)27-16(2)21(24)22-18-7-4-5-8-19(18)25-3/h4-5,7-8,10-13,16H,6,9,14H2,1-3H3,(H,22,24)/t16-/m0/s1. The van der Waals surface area contributed by atoms with Crippen molar-refractivity contribution in [1.29, 1.82) is 0 Å². The second-order valence-electron chi connectivity index (χ2n) is 6.09. The molecule has 6 heteroatoms. The lowest BCUT2D eigenvalue weighted by atomic mass is 10.2. The average Bonchev–Trinajstić information content (AvgIpc) is 2.67. The number of carbonyl (C=O) groups is 2. The predicted octanol–water partition coefficient (Wildman–Crippen LogP) is 3.73. The molecule has 2 aromatic carbocycles. The molecule has 0 unspecified atom stereocenters. The number of nitrogens with one attached hydrogen (secondary N) is 1. The summed E-state index contributed by atoms with van der Waals surface area (Å²) in [5, 5.41) is 2.69. The number of hydrogen-bond donors (Lipinski definition) is 1. The van der Waals surface area contributed by atoms with E-state index in [0.29, 0.717) is 24.5 Å². The zero-order valence-electron chi connectivity index (χ0n) is 15.9. The predicted molar refractivity (Wildman–Crippen MR) is 103 cm³/mol. The van der Waals surface area contributed by atoms with Crippen LogP contribution in [0.2, 0.25) is 0 Å². The number of aryl methyl sites for hydroxylation is 1. The summed E-state index contributed by atoms with van der Waals surface area (Å²) >= 11 is 0. The molecule has 2 aromatic rings. The van der Waals surface area contributed by atoms with Crippen LogP contribution >= 0.6 is 0 Å². The molecule has 0 radical (unpaired) electrons. The topological polar surface area (TPSA) is 73.9 Å². The van der Waals surface area contributed by atoms with Crippen LogP contribution in [-0.4, -0.2) is 31.7 Å². The summed E-state index contributed by atoms with van der Waals surface area (Å²) in [7, 11) is 1.52. The van der Waals surface area contributed by atoms with E-state index in [1.54, 1.807) is 24.3 Å². The number of ether oxygens (including phenoxy) is 3. The van der Waals surface area contributed by atoms with Gasteiger partial charge in [-0.3, -0.25) is 9.59 Å². The smallest absolute Gasteiger partial charge is 0.306 e. The van der Waals surface area contributed by atoms with Crippen molar-refractivity contribution in [2.24, 2.45) is 0 Å². The first-order valence-corrected chi connectivity index (χ1v) is 8.82. The van der Waals surface area contributed by atoms with E-state index in [9.17, 15) is 9.59 Å². The molecule has 0 aromatic heterocycles. The molecular formula is C21H25NO5. The second kappa shape index (κ2) is 10.2. The first-order valence-electron chi connectivity index (χ1n) is 8.82. The molecule has 0 heterocycles. The molecule has 27 heavy (non-hydrogen) atoms. The fraction of sp³-hybridized carbons (Fsp3) is 0.333. The van der Waals surface area contributed by atoms with Gasteiger partial charge in [-0.1, -0.05) is 29.8 Å². The molecular weight excluding hydrogens is 346 g/mol. The van der Waals surface area contributed by atoms with Crippen molar-refractivity contribution in [3.8, 4) is 11.5 Å². The molecule has 1 N–H and O–H groups in total. The molecule has 144 valence electrons. The molecule has 0 saturated carbocycles. The summed E-state index contributed by atoms with van der Waals surface area (Å²) < 4.78 is 15.9.